The third kappa shape index (κ3) is 7.46. The van der Waals surface area contributed by atoms with Gasteiger partial charge in [0.15, 0.2) is 5.96 Å². The maximum atomic E-state index is 12.9. The summed E-state index contributed by atoms with van der Waals surface area (Å²) < 4.78 is 0. The molecule has 1 aromatic rings. The van der Waals surface area contributed by atoms with E-state index in [2.05, 4.69) is 31.9 Å². The average Bonchev–Trinajstić information content (AvgIpc) is 3.29. The van der Waals surface area contributed by atoms with Crippen LogP contribution in [-0.2, 0) is 6.54 Å². The Morgan fingerprint density at radius 2 is 1.97 bits per heavy atom. The van der Waals surface area contributed by atoms with E-state index < -0.39 is 0 Å². The number of carbonyl (C=O) groups is 1. The number of carbonyl (C=O) groups excluding carboxylic acids is 1. The van der Waals surface area contributed by atoms with Crippen molar-refractivity contribution in [2.24, 2.45) is 28.1 Å². The number of nitrogens with two attached hydrogens (primary N) is 3. The number of likely N-dealkylation sites (tertiary alicyclic amines) is 1. The zero-order valence-corrected chi connectivity index (χ0v) is 21.4. The lowest BCUT2D eigenvalue weighted by Crippen LogP contribution is -2.52. The van der Waals surface area contributed by atoms with Gasteiger partial charge in [-0.25, -0.2) is 4.79 Å². The van der Waals surface area contributed by atoms with E-state index in [1.54, 1.807) is 4.90 Å². The molecule has 0 aliphatic carbocycles. The van der Waals surface area contributed by atoms with Crippen LogP contribution in [0.15, 0.2) is 52.8 Å². The van der Waals surface area contributed by atoms with Crippen LogP contribution in [-0.4, -0.2) is 61.6 Å². The van der Waals surface area contributed by atoms with E-state index >= 15 is 0 Å². The van der Waals surface area contributed by atoms with Gasteiger partial charge >= 0.3 is 6.03 Å². The molecule has 3 aliphatic heterocycles. The molecular formula is C26H40N10O. The van der Waals surface area contributed by atoms with Crippen molar-refractivity contribution in [3.8, 4) is 0 Å². The molecule has 10 N–H and O–H groups in total. The van der Waals surface area contributed by atoms with Crippen LogP contribution in [0.4, 0.5) is 10.5 Å². The number of fused-ring (bicyclic) bond motifs is 1. The van der Waals surface area contributed by atoms with Gasteiger partial charge in [-0.1, -0.05) is 12.1 Å². The molecule has 0 aromatic heterocycles. The number of hydrogen-bond acceptors (Lipinski definition) is 6. The summed E-state index contributed by atoms with van der Waals surface area (Å²) in [7, 11) is 0. The Kier molecular flexibility index (Phi) is 9.02. The van der Waals surface area contributed by atoms with Gasteiger partial charge in [-0.15, -0.1) is 0 Å². The Hall–Kier alpha value is -3.57. The smallest absolute Gasteiger partial charge is 0.327 e. The average molecular weight is 509 g/mol. The molecule has 0 saturated carbocycles. The van der Waals surface area contributed by atoms with E-state index in [0.29, 0.717) is 18.9 Å². The number of rotatable bonds is 12. The summed E-state index contributed by atoms with van der Waals surface area (Å²) in [5.74, 6) is 0.790. The minimum absolute atomic E-state index is 0.122. The molecule has 0 bridgehead atoms. The molecule has 1 aromatic carbocycles. The maximum Gasteiger partial charge on any atom is 0.327 e. The monoisotopic (exact) mass is 508 g/mol. The minimum Gasteiger partial charge on any atom is -0.388 e. The van der Waals surface area contributed by atoms with E-state index in [1.807, 2.05) is 30.5 Å². The molecule has 200 valence electrons. The zero-order valence-electron chi connectivity index (χ0n) is 21.4. The second kappa shape index (κ2) is 12.6. The first kappa shape index (κ1) is 26.5. The topological polar surface area (TPSA) is 174 Å². The second-order valence-electron chi connectivity index (χ2n) is 9.90. The van der Waals surface area contributed by atoms with Gasteiger partial charge in [0.05, 0.1) is 11.5 Å². The first-order chi connectivity index (χ1) is 17.9. The first-order valence-electron chi connectivity index (χ1n) is 13.1. The molecule has 4 rings (SSSR count). The predicted octanol–water partition coefficient (Wildman–Crippen LogP) is 1.09. The summed E-state index contributed by atoms with van der Waals surface area (Å²) in [5, 5.41) is 17.4. The maximum absolute atomic E-state index is 12.9. The zero-order chi connectivity index (χ0) is 26.2. The number of nitrogens with zero attached hydrogens (tertiary/aromatic N) is 3. The Labute approximate surface area is 218 Å². The van der Waals surface area contributed by atoms with Crippen molar-refractivity contribution < 1.29 is 4.79 Å². The Bertz CT molecular complexity index is 1040. The van der Waals surface area contributed by atoms with Crippen molar-refractivity contribution >= 4 is 23.5 Å². The number of guanidine groups is 1. The standard InChI is InChI=1S/C26H40N10O/c27-23(28)5-2-13-35-12-1-4-19(16-35)22-14-20-17-36(26(37)34-24(20)33-22)21-8-6-18(7-9-21)15-31-10-3-11-32-25(29)30/h6-9,14,17,19,24,31,33H,1-5,10-13,15-16H2,(H3,27,28)(H,34,37)(H4,29,30,32). The fraction of sp³-hybridized carbons (Fsp3) is 0.500. The summed E-state index contributed by atoms with van der Waals surface area (Å²) in [4.78, 5) is 21.0. The highest BCUT2D eigenvalue weighted by Gasteiger charge is 2.34. The van der Waals surface area contributed by atoms with Gasteiger partial charge in [-0.05, 0) is 69.1 Å². The molecule has 1 fully saturated rings. The van der Waals surface area contributed by atoms with Gasteiger partial charge in [0.2, 0.25) is 0 Å². The molecular weight excluding hydrogens is 468 g/mol. The molecule has 11 nitrogen and oxygen atoms in total. The molecule has 11 heteroatoms. The highest BCUT2D eigenvalue weighted by molar-refractivity contribution is 5.96. The second-order valence-corrected chi connectivity index (χ2v) is 9.90. The van der Waals surface area contributed by atoms with E-state index in [0.717, 1.165) is 75.2 Å². The van der Waals surface area contributed by atoms with Crippen LogP contribution in [0.1, 0.15) is 37.7 Å². The molecule has 1 saturated heterocycles. The number of piperidine rings is 1. The van der Waals surface area contributed by atoms with Gasteiger partial charge in [-0.2, -0.15) is 0 Å². The lowest BCUT2D eigenvalue weighted by Gasteiger charge is -2.34. The summed E-state index contributed by atoms with van der Waals surface area (Å²) in [5.41, 5.74) is 20.4. The van der Waals surface area contributed by atoms with Crippen molar-refractivity contribution in [2.45, 2.75) is 44.8 Å². The van der Waals surface area contributed by atoms with Crippen LogP contribution in [0.2, 0.25) is 0 Å². The predicted molar refractivity (Wildman–Crippen MR) is 148 cm³/mol. The molecule has 37 heavy (non-hydrogen) atoms. The molecule has 3 heterocycles. The number of amidine groups is 1. The van der Waals surface area contributed by atoms with Gasteiger partial charge in [-0.3, -0.25) is 15.3 Å². The summed E-state index contributed by atoms with van der Waals surface area (Å²) in [6, 6.07) is 7.87. The molecule has 2 atom stereocenters. The number of urea groups is 1. The van der Waals surface area contributed by atoms with E-state index in [-0.39, 0.29) is 24.0 Å². The molecule has 0 spiro atoms. The fourth-order valence-corrected chi connectivity index (χ4v) is 5.04. The van der Waals surface area contributed by atoms with Crippen LogP contribution in [0.3, 0.4) is 0 Å². The third-order valence-electron chi connectivity index (χ3n) is 6.95. The highest BCUT2D eigenvalue weighted by atomic mass is 16.2. The van der Waals surface area contributed by atoms with Crippen molar-refractivity contribution in [3.63, 3.8) is 0 Å². The Morgan fingerprint density at radius 3 is 2.73 bits per heavy atom. The summed E-state index contributed by atoms with van der Waals surface area (Å²) >= 11 is 0. The number of nitrogens with one attached hydrogen (secondary N) is 4. The number of anilines is 1. The molecule has 0 radical (unpaired) electrons. The van der Waals surface area contributed by atoms with E-state index in [4.69, 9.17) is 22.6 Å². The van der Waals surface area contributed by atoms with E-state index in [1.165, 1.54) is 5.70 Å². The number of aliphatic imine (C=N–C) groups is 1. The Balaban J connectivity index is 1.32. The molecule has 2 unspecified atom stereocenters. The van der Waals surface area contributed by atoms with Gasteiger partial charge < -0.3 is 38.1 Å². The van der Waals surface area contributed by atoms with Crippen LogP contribution < -0.4 is 38.1 Å². The van der Waals surface area contributed by atoms with Crippen LogP contribution >= 0.6 is 0 Å². The molecule has 3 aliphatic rings. The van der Waals surface area contributed by atoms with Crippen molar-refractivity contribution in [1.82, 2.24) is 20.9 Å². The minimum atomic E-state index is -0.186. The normalized spacial score (nSPS) is 21.4. The third-order valence-corrected chi connectivity index (χ3v) is 6.95. The van der Waals surface area contributed by atoms with E-state index in [9.17, 15) is 4.79 Å². The lowest BCUT2D eigenvalue weighted by atomic mass is 9.94. The van der Waals surface area contributed by atoms with Gasteiger partial charge in [0, 0.05) is 49.4 Å². The van der Waals surface area contributed by atoms with Gasteiger partial charge in [0.1, 0.15) is 6.17 Å². The van der Waals surface area contributed by atoms with Crippen molar-refractivity contribution in [3.05, 3.63) is 53.4 Å². The van der Waals surface area contributed by atoms with Crippen LogP contribution in [0.25, 0.3) is 0 Å². The SMILES string of the molecule is N=C(N)CCCN1CCCC(C2=CC3=CN(c4ccc(CNCCCN=C(N)N)cc4)C(=O)NC3N2)C1. The highest BCUT2D eigenvalue weighted by Crippen LogP contribution is 2.30. The van der Waals surface area contributed by atoms with Gasteiger partial charge in [0.25, 0.3) is 0 Å². The number of benzene rings is 1. The number of hydrogen-bond donors (Lipinski definition) is 7. The quantitative estimate of drug-likeness (QED) is 0.126. The number of amides is 2. The van der Waals surface area contributed by atoms with Crippen molar-refractivity contribution in [1.29, 1.82) is 5.41 Å². The fourth-order valence-electron chi connectivity index (χ4n) is 5.04. The largest absolute Gasteiger partial charge is 0.388 e. The summed E-state index contributed by atoms with van der Waals surface area (Å²) in [6.07, 6.45) is 8.65. The first-order valence-corrected chi connectivity index (χ1v) is 13.1. The van der Waals surface area contributed by atoms with Crippen LogP contribution in [0.5, 0.6) is 0 Å². The van der Waals surface area contributed by atoms with Crippen LogP contribution in [0, 0.1) is 11.3 Å². The van der Waals surface area contributed by atoms with Crippen molar-refractivity contribution in [2.75, 3.05) is 37.6 Å². The molecule has 2 amide bonds. The Morgan fingerprint density at radius 1 is 1.16 bits per heavy atom. The summed E-state index contributed by atoms with van der Waals surface area (Å²) in [6.45, 7) is 5.20. The lowest BCUT2D eigenvalue weighted by molar-refractivity contribution is 0.186.